The third kappa shape index (κ3) is 1.58. The van der Waals surface area contributed by atoms with Crippen LogP contribution in [0.25, 0.3) is 10.9 Å². The second kappa shape index (κ2) is 3.37. The third-order valence-electron chi connectivity index (χ3n) is 2.54. The van der Waals surface area contributed by atoms with Crippen molar-refractivity contribution in [3.05, 3.63) is 35.0 Å². The summed E-state index contributed by atoms with van der Waals surface area (Å²) in [6, 6.07) is 3.39. The number of halogens is 3. The number of carbonyl (C=O) groups excluding carboxylic acids is 1. The molecule has 0 saturated heterocycles. The SMILES string of the molecule is Cc1c(C=O)[nH]c2cc(C(F)(F)F)ccc12. The predicted octanol–water partition coefficient (Wildman–Crippen LogP) is 3.31. The maximum Gasteiger partial charge on any atom is 0.416 e. The zero-order valence-corrected chi connectivity index (χ0v) is 8.35. The fraction of sp³-hybridized carbons (Fsp3) is 0.182. The van der Waals surface area contributed by atoms with Crippen LogP contribution in [0.15, 0.2) is 18.2 Å². The van der Waals surface area contributed by atoms with E-state index in [-0.39, 0.29) is 0 Å². The van der Waals surface area contributed by atoms with Crippen LogP contribution in [0, 0.1) is 6.92 Å². The molecule has 0 bridgehead atoms. The molecule has 0 unspecified atom stereocenters. The number of nitrogens with one attached hydrogen (secondary N) is 1. The average Bonchev–Trinajstić information content (AvgIpc) is 2.54. The number of fused-ring (bicyclic) bond motifs is 1. The number of aromatic amines is 1. The van der Waals surface area contributed by atoms with Gasteiger partial charge in [0, 0.05) is 10.9 Å². The molecule has 0 aliphatic rings. The van der Waals surface area contributed by atoms with Crippen molar-refractivity contribution in [2.24, 2.45) is 0 Å². The van der Waals surface area contributed by atoms with Crippen LogP contribution in [-0.4, -0.2) is 11.3 Å². The fourth-order valence-corrected chi connectivity index (χ4v) is 1.65. The maximum absolute atomic E-state index is 12.4. The minimum absolute atomic E-state index is 0.314. The Kier molecular flexibility index (Phi) is 2.26. The summed E-state index contributed by atoms with van der Waals surface area (Å²) in [5.74, 6) is 0. The number of aryl methyl sites for hydroxylation is 1. The molecule has 16 heavy (non-hydrogen) atoms. The molecule has 1 aromatic carbocycles. The van der Waals surface area contributed by atoms with Crippen molar-refractivity contribution < 1.29 is 18.0 Å². The molecule has 0 amide bonds. The van der Waals surface area contributed by atoms with Gasteiger partial charge in [-0.05, 0) is 24.6 Å². The molecule has 2 aromatic rings. The molecule has 0 fully saturated rings. The summed E-state index contributed by atoms with van der Waals surface area (Å²) in [6.07, 6.45) is -3.77. The highest BCUT2D eigenvalue weighted by Gasteiger charge is 2.30. The van der Waals surface area contributed by atoms with Crippen LogP contribution in [0.3, 0.4) is 0 Å². The van der Waals surface area contributed by atoms with Gasteiger partial charge in [0.05, 0.1) is 11.3 Å². The largest absolute Gasteiger partial charge is 0.416 e. The van der Waals surface area contributed by atoms with Crippen molar-refractivity contribution in [1.82, 2.24) is 4.98 Å². The molecule has 0 aliphatic carbocycles. The second-order valence-corrected chi connectivity index (χ2v) is 3.54. The van der Waals surface area contributed by atoms with Gasteiger partial charge in [-0.25, -0.2) is 0 Å². The van der Waals surface area contributed by atoms with Crippen molar-refractivity contribution >= 4 is 17.2 Å². The van der Waals surface area contributed by atoms with Gasteiger partial charge in [-0.2, -0.15) is 13.2 Å². The Hall–Kier alpha value is -1.78. The average molecular weight is 227 g/mol. The van der Waals surface area contributed by atoms with Gasteiger partial charge in [-0.3, -0.25) is 4.79 Å². The summed E-state index contributed by atoms with van der Waals surface area (Å²) in [4.78, 5) is 13.3. The van der Waals surface area contributed by atoms with Gasteiger partial charge in [0.1, 0.15) is 0 Å². The van der Waals surface area contributed by atoms with Gasteiger partial charge in [-0.1, -0.05) is 6.07 Å². The van der Waals surface area contributed by atoms with E-state index in [0.29, 0.717) is 28.4 Å². The molecule has 2 rings (SSSR count). The highest BCUT2D eigenvalue weighted by molar-refractivity contribution is 5.92. The molecule has 0 aliphatic heterocycles. The van der Waals surface area contributed by atoms with E-state index in [1.807, 2.05) is 0 Å². The Morgan fingerprint density at radius 3 is 2.56 bits per heavy atom. The van der Waals surface area contributed by atoms with Crippen LogP contribution >= 0.6 is 0 Å². The summed E-state index contributed by atoms with van der Waals surface area (Å²) in [5.41, 5.74) is 0.584. The quantitative estimate of drug-likeness (QED) is 0.745. The number of alkyl halides is 3. The van der Waals surface area contributed by atoms with E-state index in [1.165, 1.54) is 6.07 Å². The van der Waals surface area contributed by atoms with E-state index in [4.69, 9.17) is 0 Å². The zero-order valence-electron chi connectivity index (χ0n) is 8.35. The van der Waals surface area contributed by atoms with Crippen LogP contribution in [-0.2, 0) is 6.18 Å². The smallest absolute Gasteiger partial charge is 0.352 e. The molecular weight excluding hydrogens is 219 g/mol. The number of benzene rings is 1. The Bertz CT molecular complexity index is 554. The molecule has 1 heterocycles. The highest BCUT2D eigenvalue weighted by atomic mass is 19.4. The lowest BCUT2D eigenvalue weighted by Gasteiger charge is -2.05. The molecule has 84 valence electrons. The standard InChI is InChI=1S/C11H8F3NO/c1-6-8-3-2-7(11(12,13)14)4-9(8)15-10(6)5-16/h2-5,15H,1H3. The molecule has 5 heteroatoms. The lowest BCUT2D eigenvalue weighted by atomic mass is 10.1. The molecule has 0 spiro atoms. The highest BCUT2D eigenvalue weighted by Crippen LogP contribution is 2.32. The van der Waals surface area contributed by atoms with Crippen molar-refractivity contribution in [3.63, 3.8) is 0 Å². The number of aldehydes is 1. The van der Waals surface area contributed by atoms with Gasteiger partial charge in [0.15, 0.2) is 6.29 Å². The normalized spacial score (nSPS) is 12.0. The molecule has 0 saturated carbocycles. The molecule has 1 aromatic heterocycles. The van der Waals surface area contributed by atoms with E-state index >= 15 is 0 Å². The van der Waals surface area contributed by atoms with E-state index < -0.39 is 11.7 Å². The number of aromatic nitrogens is 1. The Balaban J connectivity index is 2.68. The number of rotatable bonds is 1. The Morgan fingerprint density at radius 1 is 1.31 bits per heavy atom. The van der Waals surface area contributed by atoms with E-state index in [9.17, 15) is 18.0 Å². The molecular formula is C11H8F3NO. The summed E-state index contributed by atoms with van der Waals surface area (Å²) in [7, 11) is 0. The first-order valence-electron chi connectivity index (χ1n) is 4.58. The molecule has 0 atom stereocenters. The van der Waals surface area contributed by atoms with E-state index in [2.05, 4.69) is 4.98 Å². The van der Waals surface area contributed by atoms with Crippen LogP contribution in [0.2, 0.25) is 0 Å². The van der Waals surface area contributed by atoms with Crippen molar-refractivity contribution in [2.75, 3.05) is 0 Å². The van der Waals surface area contributed by atoms with Gasteiger partial charge in [0.25, 0.3) is 0 Å². The van der Waals surface area contributed by atoms with Crippen LogP contribution in [0.4, 0.5) is 13.2 Å². The first kappa shape index (κ1) is 10.7. The van der Waals surface area contributed by atoms with Crippen molar-refractivity contribution in [3.8, 4) is 0 Å². The summed E-state index contributed by atoms with van der Waals surface area (Å²) < 4.78 is 37.3. The van der Waals surface area contributed by atoms with Gasteiger partial charge in [0.2, 0.25) is 0 Å². The number of hydrogen-bond donors (Lipinski definition) is 1. The van der Waals surface area contributed by atoms with E-state index in [0.717, 1.165) is 12.1 Å². The number of carbonyl (C=O) groups is 1. The first-order chi connectivity index (χ1) is 7.43. The van der Waals surface area contributed by atoms with Crippen LogP contribution < -0.4 is 0 Å². The van der Waals surface area contributed by atoms with E-state index in [1.54, 1.807) is 6.92 Å². The maximum atomic E-state index is 12.4. The van der Waals surface area contributed by atoms with Crippen LogP contribution in [0.1, 0.15) is 21.6 Å². The number of H-pyrrole nitrogens is 1. The molecule has 0 radical (unpaired) electrons. The predicted molar refractivity (Wildman–Crippen MR) is 53.4 cm³/mol. The first-order valence-corrected chi connectivity index (χ1v) is 4.58. The molecule has 2 nitrogen and oxygen atoms in total. The lowest BCUT2D eigenvalue weighted by molar-refractivity contribution is -0.137. The summed E-state index contributed by atoms with van der Waals surface area (Å²) in [6.45, 7) is 1.69. The zero-order chi connectivity index (χ0) is 11.9. The fourth-order valence-electron chi connectivity index (χ4n) is 1.65. The van der Waals surface area contributed by atoms with Gasteiger partial charge >= 0.3 is 6.18 Å². The summed E-state index contributed by atoms with van der Waals surface area (Å²) in [5, 5.41) is 0.634. The van der Waals surface area contributed by atoms with Crippen molar-refractivity contribution in [2.45, 2.75) is 13.1 Å². The number of hydrogen-bond acceptors (Lipinski definition) is 1. The molecule has 1 N–H and O–H groups in total. The van der Waals surface area contributed by atoms with Crippen LogP contribution in [0.5, 0.6) is 0 Å². The Morgan fingerprint density at radius 2 is 2.00 bits per heavy atom. The third-order valence-corrected chi connectivity index (χ3v) is 2.54. The summed E-state index contributed by atoms with van der Waals surface area (Å²) >= 11 is 0. The minimum atomic E-state index is -4.37. The lowest BCUT2D eigenvalue weighted by Crippen LogP contribution is -2.04. The second-order valence-electron chi connectivity index (χ2n) is 3.54. The van der Waals surface area contributed by atoms with Gasteiger partial charge in [-0.15, -0.1) is 0 Å². The topological polar surface area (TPSA) is 32.9 Å². The Labute approximate surface area is 89.1 Å². The monoisotopic (exact) mass is 227 g/mol. The van der Waals surface area contributed by atoms with Gasteiger partial charge < -0.3 is 4.98 Å². The van der Waals surface area contributed by atoms with Crippen molar-refractivity contribution in [1.29, 1.82) is 0 Å². The minimum Gasteiger partial charge on any atom is -0.352 e.